The number of hydrogen-bond donors (Lipinski definition) is 1. The zero-order valence-corrected chi connectivity index (χ0v) is 15.9. The highest BCUT2D eigenvalue weighted by molar-refractivity contribution is 7.89. The van der Waals surface area contributed by atoms with Crippen LogP contribution in [0, 0.1) is 13.8 Å². The Balaban J connectivity index is 2.24. The Hall–Kier alpha value is -2.25. The third-order valence-corrected chi connectivity index (χ3v) is 5.29. The molecule has 0 radical (unpaired) electrons. The molecule has 0 aliphatic rings. The summed E-state index contributed by atoms with van der Waals surface area (Å²) in [6.45, 7) is 3.76. The number of halogens is 1. The van der Waals surface area contributed by atoms with Crippen LogP contribution in [0.25, 0.3) is 0 Å². The molecule has 0 saturated carbocycles. The van der Waals surface area contributed by atoms with E-state index in [1.54, 1.807) is 24.3 Å². The first kappa shape index (κ1) is 19.1. The maximum absolute atomic E-state index is 12.3. The standard InChI is InChI=1S/C17H19ClN2O4S/c1-11-5-7-14(9-12(11)2)25(21,22)20-19-10-13-6-8-15(23-3)17(24-4)16(13)18/h5-10,20H,1-4H3/b19-10+. The minimum atomic E-state index is -3.76. The van der Waals surface area contributed by atoms with Gasteiger partial charge in [0.2, 0.25) is 0 Å². The lowest BCUT2D eigenvalue weighted by atomic mass is 10.1. The number of hydrazone groups is 1. The molecule has 25 heavy (non-hydrogen) atoms. The molecule has 0 aliphatic heterocycles. The van der Waals surface area contributed by atoms with Crippen molar-refractivity contribution in [3.05, 3.63) is 52.0 Å². The molecule has 2 aromatic carbocycles. The number of hydrogen-bond acceptors (Lipinski definition) is 5. The molecule has 0 atom stereocenters. The van der Waals surface area contributed by atoms with Crippen molar-refractivity contribution in [1.82, 2.24) is 4.83 Å². The van der Waals surface area contributed by atoms with Crippen LogP contribution in [-0.2, 0) is 10.0 Å². The van der Waals surface area contributed by atoms with Crippen molar-refractivity contribution < 1.29 is 17.9 Å². The Morgan fingerprint density at radius 1 is 1.08 bits per heavy atom. The molecule has 134 valence electrons. The van der Waals surface area contributed by atoms with Gasteiger partial charge in [0.25, 0.3) is 10.0 Å². The van der Waals surface area contributed by atoms with E-state index in [-0.39, 0.29) is 9.92 Å². The molecule has 1 N–H and O–H groups in total. The maximum atomic E-state index is 12.3. The van der Waals surface area contributed by atoms with Crippen LogP contribution < -0.4 is 14.3 Å². The van der Waals surface area contributed by atoms with Crippen molar-refractivity contribution in [2.45, 2.75) is 18.7 Å². The van der Waals surface area contributed by atoms with Crippen molar-refractivity contribution in [3.63, 3.8) is 0 Å². The highest BCUT2D eigenvalue weighted by Crippen LogP contribution is 2.36. The SMILES string of the molecule is COc1ccc(/C=N/NS(=O)(=O)c2ccc(C)c(C)c2)c(Cl)c1OC. The van der Waals surface area contributed by atoms with Crippen LogP contribution in [0.4, 0.5) is 0 Å². The van der Waals surface area contributed by atoms with Crippen molar-refractivity contribution in [2.75, 3.05) is 14.2 Å². The second kappa shape index (κ2) is 7.76. The van der Waals surface area contributed by atoms with E-state index < -0.39 is 10.0 Å². The number of methoxy groups -OCH3 is 2. The molecular weight excluding hydrogens is 364 g/mol. The van der Waals surface area contributed by atoms with Crippen molar-refractivity contribution in [3.8, 4) is 11.5 Å². The molecule has 0 aliphatic carbocycles. The molecule has 6 nitrogen and oxygen atoms in total. The van der Waals surface area contributed by atoms with Crippen molar-refractivity contribution in [1.29, 1.82) is 0 Å². The Morgan fingerprint density at radius 2 is 1.80 bits per heavy atom. The van der Waals surface area contributed by atoms with Crippen LogP contribution in [0.2, 0.25) is 5.02 Å². The first-order valence-electron chi connectivity index (χ1n) is 7.32. The summed E-state index contributed by atoms with van der Waals surface area (Å²) in [5, 5.41) is 4.06. The van der Waals surface area contributed by atoms with Gasteiger partial charge in [-0.05, 0) is 49.2 Å². The third-order valence-electron chi connectivity index (χ3n) is 3.68. The van der Waals surface area contributed by atoms with Gasteiger partial charge in [0.05, 0.1) is 30.4 Å². The van der Waals surface area contributed by atoms with E-state index in [2.05, 4.69) is 9.93 Å². The molecule has 0 heterocycles. The summed E-state index contributed by atoms with van der Waals surface area (Å²) in [5.41, 5.74) is 2.39. The molecule has 0 saturated heterocycles. The fourth-order valence-electron chi connectivity index (χ4n) is 2.10. The van der Waals surface area contributed by atoms with E-state index in [0.29, 0.717) is 17.1 Å². The minimum absolute atomic E-state index is 0.145. The lowest BCUT2D eigenvalue weighted by Gasteiger charge is -2.10. The van der Waals surface area contributed by atoms with E-state index in [1.807, 2.05) is 13.8 Å². The van der Waals surface area contributed by atoms with Gasteiger partial charge in [0.1, 0.15) is 0 Å². The molecular formula is C17H19ClN2O4S. The molecule has 0 amide bonds. The molecule has 2 aromatic rings. The number of nitrogens with one attached hydrogen (secondary N) is 1. The molecule has 2 rings (SSSR count). The number of aryl methyl sites for hydroxylation is 2. The summed E-state index contributed by atoms with van der Waals surface area (Å²) < 4.78 is 34.9. The topological polar surface area (TPSA) is 77.0 Å². The van der Waals surface area contributed by atoms with Crippen LogP contribution in [0.3, 0.4) is 0 Å². The fourth-order valence-corrected chi connectivity index (χ4v) is 3.26. The summed E-state index contributed by atoms with van der Waals surface area (Å²) in [5.74, 6) is 0.825. The normalized spacial score (nSPS) is 11.6. The van der Waals surface area contributed by atoms with E-state index in [4.69, 9.17) is 21.1 Å². The van der Waals surface area contributed by atoms with Gasteiger partial charge in [-0.25, -0.2) is 4.83 Å². The summed E-state index contributed by atoms with van der Waals surface area (Å²) in [6, 6.07) is 8.18. The van der Waals surface area contributed by atoms with Gasteiger partial charge in [-0.3, -0.25) is 0 Å². The average Bonchev–Trinajstić information content (AvgIpc) is 2.58. The third kappa shape index (κ3) is 4.24. The second-order valence-corrected chi connectivity index (χ2v) is 7.34. The fraction of sp³-hybridized carbons (Fsp3) is 0.235. The summed E-state index contributed by atoms with van der Waals surface area (Å²) >= 11 is 6.22. The second-order valence-electron chi connectivity index (χ2n) is 5.30. The first-order valence-corrected chi connectivity index (χ1v) is 9.19. The molecule has 0 spiro atoms. The van der Waals surface area contributed by atoms with Gasteiger partial charge in [-0.15, -0.1) is 0 Å². The van der Waals surface area contributed by atoms with E-state index in [0.717, 1.165) is 11.1 Å². The van der Waals surface area contributed by atoms with Crippen LogP contribution in [0.15, 0.2) is 40.3 Å². The van der Waals surface area contributed by atoms with Gasteiger partial charge in [-0.2, -0.15) is 13.5 Å². The lowest BCUT2D eigenvalue weighted by Crippen LogP contribution is -2.18. The Labute approximate surface area is 152 Å². The van der Waals surface area contributed by atoms with Gasteiger partial charge >= 0.3 is 0 Å². The van der Waals surface area contributed by atoms with Gasteiger partial charge < -0.3 is 9.47 Å². The molecule has 0 aromatic heterocycles. The van der Waals surface area contributed by atoms with Crippen molar-refractivity contribution >= 4 is 27.8 Å². The largest absolute Gasteiger partial charge is 0.493 e. The van der Waals surface area contributed by atoms with Crippen LogP contribution in [0.1, 0.15) is 16.7 Å². The summed E-state index contributed by atoms with van der Waals surface area (Å²) in [6.07, 6.45) is 1.31. The van der Waals surface area contributed by atoms with Crippen LogP contribution in [0.5, 0.6) is 11.5 Å². The van der Waals surface area contributed by atoms with E-state index >= 15 is 0 Å². The van der Waals surface area contributed by atoms with Gasteiger partial charge in [-0.1, -0.05) is 17.7 Å². The number of ether oxygens (including phenoxy) is 2. The maximum Gasteiger partial charge on any atom is 0.276 e. The first-order chi connectivity index (χ1) is 11.8. The van der Waals surface area contributed by atoms with Gasteiger partial charge in [0.15, 0.2) is 11.5 Å². The zero-order chi connectivity index (χ0) is 18.6. The quantitative estimate of drug-likeness (QED) is 0.614. The highest BCUT2D eigenvalue weighted by atomic mass is 35.5. The molecule has 8 heteroatoms. The smallest absolute Gasteiger partial charge is 0.276 e. The van der Waals surface area contributed by atoms with Crippen LogP contribution >= 0.6 is 11.6 Å². The van der Waals surface area contributed by atoms with E-state index in [9.17, 15) is 8.42 Å². The lowest BCUT2D eigenvalue weighted by molar-refractivity contribution is 0.355. The Kier molecular flexibility index (Phi) is 5.92. The Morgan fingerprint density at radius 3 is 2.40 bits per heavy atom. The van der Waals surface area contributed by atoms with Crippen molar-refractivity contribution in [2.24, 2.45) is 5.10 Å². The number of sulfonamides is 1. The monoisotopic (exact) mass is 382 g/mol. The molecule has 0 unspecified atom stereocenters. The minimum Gasteiger partial charge on any atom is -0.493 e. The Bertz CT molecular complexity index is 911. The summed E-state index contributed by atoms with van der Waals surface area (Å²) in [4.78, 5) is 2.32. The number of rotatable bonds is 6. The molecule has 0 fully saturated rings. The number of benzene rings is 2. The van der Waals surface area contributed by atoms with E-state index in [1.165, 1.54) is 26.5 Å². The number of nitrogens with zero attached hydrogens (tertiary/aromatic N) is 1. The van der Waals surface area contributed by atoms with Crippen LogP contribution in [-0.4, -0.2) is 28.9 Å². The zero-order valence-electron chi connectivity index (χ0n) is 14.3. The predicted octanol–water partition coefficient (Wildman–Crippen LogP) is 3.29. The molecule has 0 bridgehead atoms. The average molecular weight is 383 g/mol. The highest BCUT2D eigenvalue weighted by Gasteiger charge is 2.14. The van der Waals surface area contributed by atoms with Gasteiger partial charge in [0, 0.05) is 5.56 Å². The summed E-state index contributed by atoms with van der Waals surface area (Å²) in [7, 11) is -0.793. The predicted molar refractivity (Wildman–Crippen MR) is 98.4 cm³/mol.